The van der Waals surface area contributed by atoms with Gasteiger partial charge in [0.05, 0.1) is 33.8 Å². The molecule has 0 N–H and O–H groups in total. The first-order valence-electron chi connectivity index (χ1n) is 20.6. The second-order valence-corrected chi connectivity index (χ2v) is 16.1. The summed E-state index contributed by atoms with van der Waals surface area (Å²) in [6.45, 7) is 4.69. The van der Waals surface area contributed by atoms with Gasteiger partial charge in [-0.15, -0.1) is 0 Å². The molecule has 1 aliphatic heterocycles. The van der Waals surface area contributed by atoms with Crippen molar-refractivity contribution in [3.05, 3.63) is 217 Å². The zero-order valence-corrected chi connectivity index (χ0v) is 33.8. The Bertz CT molecular complexity index is 3270. The van der Waals surface area contributed by atoms with Crippen LogP contribution in [0.3, 0.4) is 0 Å². The minimum absolute atomic E-state index is 0.290. The second kappa shape index (κ2) is 14.3. The molecule has 0 radical (unpaired) electrons. The lowest BCUT2D eigenvalue weighted by atomic mass is 9.73. The molecule has 11 rings (SSSR count). The lowest BCUT2D eigenvalue weighted by Gasteiger charge is -2.42. The molecule has 2 aromatic heterocycles. The van der Waals surface area contributed by atoms with Crippen LogP contribution in [0.25, 0.3) is 72.5 Å². The molecule has 5 heteroatoms. The van der Waals surface area contributed by atoms with Gasteiger partial charge in [-0.2, -0.15) is 5.26 Å². The van der Waals surface area contributed by atoms with Gasteiger partial charge < -0.3 is 9.47 Å². The minimum Gasteiger partial charge on any atom is -0.308 e. The van der Waals surface area contributed by atoms with Crippen LogP contribution in [-0.4, -0.2) is 14.5 Å². The summed E-state index contributed by atoms with van der Waals surface area (Å²) in [4.78, 5) is 13.0. The molecule has 8 aromatic carbocycles. The monoisotopic (exact) mass is 781 g/mol. The molecule has 10 aromatic rings. The molecular formula is C56H39N5. The first-order chi connectivity index (χ1) is 30.0. The second-order valence-electron chi connectivity index (χ2n) is 16.1. The highest BCUT2D eigenvalue weighted by Crippen LogP contribution is 2.55. The van der Waals surface area contributed by atoms with E-state index < -0.39 is 0 Å². The Morgan fingerprint density at radius 2 is 1.03 bits per heavy atom. The van der Waals surface area contributed by atoms with Crippen LogP contribution >= 0.6 is 0 Å². The van der Waals surface area contributed by atoms with E-state index in [9.17, 15) is 5.26 Å². The van der Waals surface area contributed by atoms with Gasteiger partial charge in [0.25, 0.3) is 0 Å². The van der Waals surface area contributed by atoms with Crippen LogP contribution in [0.5, 0.6) is 0 Å². The van der Waals surface area contributed by atoms with E-state index in [1.54, 1.807) is 0 Å². The van der Waals surface area contributed by atoms with Gasteiger partial charge in [-0.3, -0.25) is 0 Å². The largest absolute Gasteiger partial charge is 0.308 e. The van der Waals surface area contributed by atoms with Crippen molar-refractivity contribution in [1.82, 2.24) is 14.5 Å². The van der Waals surface area contributed by atoms with Gasteiger partial charge >= 0.3 is 0 Å². The molecule has 5 nitrogen and oxygen atoms in total. The van der Waals surface area contributed by atoms with Gasteiger partial charge in [0.2, 0.25) is 0 Å². The summed E-state index contributed by atoms with van der Waals surface area (Å²) in [6.07, 6.45) is 0. The highest BCUT2D eigenvalue weighted by atomic mass is 15.2. The summed E-state index contributed by atoms with van der Waals surface area (Å²) in [6, 6.07) is 72.5. The maximum absolute atomic E-state index is 10.7. The summed E-state index contributed by atoms with van der Waals surface area (Å²) in [7, 11) is 0. The maximum atomic E-state index is 10.7. The molecule has 3 heterocycles. The number of rotatable bonds is 6. The Morgan fingerprint density at radius 1 is 0.475 bits per heavy atom. The van der Waals surface area contributed by atoms with Crippen molar-refractivity contribution < 1.29 is 0 Å². The molecular weight excluding hydrogens is 743 g/mol. The van der Waals surface area contributed by atoms with Crippen molar-refractivity contribution in [3.63, 3.8) is 0 Å². The molecule has 0 unspecified atom stereocenters. The number of aromatic nitrogens is 3. The Morgan fingerprint density at radius 3 is 1.69 bits per heavy atom. The predicted octanol–water partition coefficient (Wildman–Crippen LogP) is 14.2. The van der Waals surface area contributed by atoms with Crippen LogP contribution in [-0.2, 0) is 5.41 Å². The number of para-hydroxylation sites is 3. The van der Waals surface area contributed by atoms with Crippen molar-refractivity contribution in [2.75, 3.05) is 4.90 Å². The summed E-state index contributed by atoms with van der Waals surface area (Å²) >= 11 is 0. The number of nitriles is 1. The lowest BCUT2D eigenvalue weighted by Crippen LogP contribution is -2.31. The van der Waals surface area contributed by atoms with E-state index in [4.69, 9.17) is 9.97 Å². The highest BCUT2D eigenvalue weighted by Gasteiger charge is 2.39. The third kappa shape index (κ3) is 5.84. The van der Waals surface area contributed by atoms with Crippen LogP contribution < -0.4 is 4.90 Å². The summed E-state index contributed by atoms with van der Waals surface area (Å²) in [5.74, 6) is 0.541. The normalized spacial score (nSPS) is 12.8. The van der Waals surface area contributed by atoms with E-state index in [0.717, 1.165) is 55.9 Å². The van der Waals surface area contributed by atoms with Crippen molar-refractivity contribution in [1.29, 1.82) is 5.26 Å². The van der Waals surface area contributed by atoms with E-state index in [-0.39, 0.29) is 5.41 Å². The summed E-state index contributed by atoms with van der Waals surface area (Å²) < 4.78 is 2.44. The number of hydrogen-bond acceptors (Lipinski definition) is 4. The smallest absolute Gasteiger partial charge is 0.160 e. The molecule has 0 saturated heterocycles. The fraction of sp³-hybridized carbons (Fsp3) is 0.0536. The van der Waals surface area contributed by atoms with E-state index in [1.165, 1.54) is 27.6 Å². The van der Waals surface area contributed by atoms with Crippen LogP contribution in [0.4, 0.5) is 17.1 Å². The SMILES string of the molecule is CC1(C)c2ccccc2N(c2ccccc2)c2c1ccc1c3ccccc3n(-c3cc(-c4ccccc4)cc(-c4nc(-c5ccccc5)c(C#N)c(-c5ccccc5)n4)c3)c21. The van der Waals surface area contributed by atoms with Crippen LogP contribution in [0.1, 0.15) is 30.5 Å². The first kappa shape index (κ1) is 36.0. The molecule has 0 bridgehead atoms. The van der Waals surface area contributed by atoms with E-state index in [0.29, 0.717) is 22.8 Å². The molecule has 0 aliphatic carbocycles. The number of fused-ring (bicyclic) bond motifs is 6. The zero-order valence-electron chi connectivity index (χ0n) is 33.8. The topological polar surface area (TPSA) is 57.7 Å². The van der Waals surface area contributed by atoms with E-state index in [2.05, 4.69) is 163 Å². The maximum Gasteiger partial charge on any atom is 0.160 e. The minimum atomic E-state index is -0.290. The average molecular weight is 782 g/mol. The standard InChI is InChI=1S/C56H39N5/c1-56(2)47-28-16-18-30-50(47)60(42-25-13-6-14-26-42)54-48(56)32-31-45-44-27-15-17-29-49(44)61(53(45)54)43-34-40(37-19-7-3-8-20-37)33-41(35-43)55-58-51(38-21-9-4-10-22-38)46(36-57)52(59-55)39-23-11-5-12-24-39/h3-35H,1-2H3. The average Bonchev–Trinajstić information content (AvgIpc) is 3.67. The van der Waals surface area contributed by atoms with E-state index >= 15 is 0 Å². The van der Waals surface area contributed by atoms with Gasteiger partial charge in [-0.1, -0.05) is 172 Å². The van der Waals surface area contributed by atoms with Crippen molar-refractivity contribution in [2.24, 2.45) is 0 Å². The molecule has 288 valence electrons. The van der Waals surface area contributed by atoms with E-state index in [1.807, 2.05) is 66.7 Å². The fourth-order valence-electron chi connectivity index (χ4n) is 9.32. The van der Waals surface area contributed by atoms with Gasteiger partial charge in [0.15, 0.2) is 5.82 Å². The van der Waals surface area contributed by atoms with Crippen molar-refractivity contribution in [3.8, 4) is 56.8 Å². The lowest BCUT2D eigenvalue weighted by molar-refractivity contribution is 0.633. The van der Waals surface area contributed by atoms with Crippen molar-refractivity contribution in [2.45, 2.75) is 19.3 Å². The third-order valence-electron chi connectivity index (χ3n) is 12.2. The molecule has 0 fully saturated rings. The molecule has 1 aliphatic rings. The quantitative estimate of drug-likeness (QED) is 0.169. The number of benzene rings is 8. The van der Waals surface area contributed by atoms with Crippen molar-refractivity contribution >= 4 is 38.9 Å². The van der Waals surface area contributed by atoms with Gasteiger partial charge in [0, 0.05) is 44.3 Å². The Balaban J connectivity index is 1.26. The Kier molecular flexibility index (Phi) is 8.47. The molecule has 0 amide bonds. The highest BCUT2D eigenvalue weighted by molar-refractivity contribution is 6.16. The molecule has 0 saturated carbocycles. The fourth-order valence-corrected chi connectivity index (χ4v) is 9.32. The third-order valence-corrected chi connectivity index (χ3v) is 12.2. The molecule has 0 spiro atoms. The van der Waals surface area contributed by atoms with Crippen LogP contribution in [0.15, 0.2) is 200 Å². The van der Waals surface area contributed by atoms with Gasteiger partial charge in [-0.05, 0) is 64.7 Å². The van der Waals surface area contributed by atoms with Gasteiger partial charge in [-0.25, -0.2) is 9.97 Å². The summed E-state index contributed by atoms with van der Waals surface area (Å²) in [5, 5.41) is 13.0. The Hall–Kier alpha value is -8.07. The van der Waals surface area contributed by atoms with Gasteiger partial charge in [0.1, 0.15) is 11.6 Å². The predicted molar refractivity (Wildman–Crippen MR) is 250 cm³/mol. The number of nitrogens with zero attached hydrogens (tertiary/aromatic N) is 5. The molecule has 61 heavy (non-hydrogen) atoms. The van der Waals surface area contributed by atoms with Crippen LogP contribution in [0, 0.1) is 11.3 Å². The van der Waals surface area contributed by atoms with Crippen LogP contribution in [0.2, 0.25) is 0 Å². The number of hydrogen-bond donors (Lipinski definition) is 0. The summed E-state index contributed by atoms with van der Waals surface area (Å²) in [5.41, 5.74) is 15.2. The molecule has 0 atom stereocenters. The Labute approximate surface area is 355 Å². The first-order valence-corrected chi connectivity index (χ1v) is 20.6. The number of anilines is 3. The zero-order chi connectivity index (χ0) is 41.1.